The molecule has 0 aliphatic rings. The van der Waals surface area contributed by atoms with Crippen LogP contribution in [0.3, 0.4) is 0 Å². The molecule has 1 unspecified atom stereocenters. The summed E-state index contributed by atoms with van der Waals surface area (Å²) in [6.07, 6.45) is 1.94. The molecule has 100 valence electrons. The van der Waals surface area contributed by atoms with Gasteiger partial charge in [0.05, 0.1) is 11.5 Å². The van der Waals surface area contributed by atoms with Gasteiger partial charge in [0.2, 0.25) is 0 Å². The van der Waals surface area contributed by atoms with Crippen LogP contribution in [0.5, 0.6) is 0 Å². The van der Waals surface area contributed by atoms with Crippen LogP contribution >= 0.6 is 0 Å². The maximum atomic E-state index is 11.9. The molecule has 0 saturated heterocycles. The first kappa shape index (κ1) is 14.9. The molecule has 0 radical (unpaired) electrons. The van der Waals surface area contributed by atoms with Crippen molar-refractivity contribution >= 4 is 10.1 Å². The van der Waals surface area contributed by atoms with Crippen LogP contribution in [0.15, 0.2) is 41.8 Å². The predicted molar refractivity (Wildman–Crippen MR) is 69.8 cm³/mol. The first-order chi connectivity index (χ1) is 8.49. The van der Waals surface area contributed by atoms with Gasteiger partial charge in [-0.25, -0.2) is 0 Å². The highest BCUT2D eigenvalue weighted by Gasteiger charge is 2.20. The van der Waals surface area contributed by atoms with Crippen molar-refractivity contribution in [3.05, 3.63) is 42.5 Å². The summed E-state index contributed by atoms with van der Waals surface area (Å²) in [5.74, 6) is 0. The summed E-state index contributed by atoms with van der Waals surface area (Å²) >= 11 is 0. The molecular weight excluding hydrogens is 252 g/mol. The van der Waals surface area contributed by atoms with Gasteiger partial charge in [0.1, 0.15) is 6.10 Å². The smallest absolute Gasteiger partial charge is 0.297 e. The Morgan fingerprint density at radius 2 is 2.00 bits per heavy atom. The molecule has 0 spiro atoms. The fourth-order valence-corrected chi connectivity index (χ4v) is 2.51. The van der Waals surface area contributed by atoms with Crippen molar-refractivity contribution < 1.29 is 17.7 Å². The molecule has 5 heteroatoms. The molecule has 0 aliphatic carbocycles. The molecule has 0 amide bonds. The number of rotatable bonds is 7. The second-order valence-electron chi connectivity index (χ2n) is 4.03. The number of aryl methyl sites for hydroxylation is 1. The molecule has 1 aromatic carbocycles. The number of benzene rings is 1. The highest BCUT2D eigenvalue weighted by atomic mass is 32.2. The average Bonchev–Trinajstić information content (AvgIpc) is 2.35. The van der Waals surface area contributed by atoms with Crippen LogP contribution in [0.25, 0.3) is 0 Å². The Bertz CT molecular complexity index is 476. The Labute approximate surface area is 108 Å². The van der Waals surface area contributed by atoms with Gasteiger partial charge in [-0.05, 0) is 31.9 Å². The third kappa shape index (κ3) is 4.25. The van der Waals surface area contributed by atoms with E-state index in [1.54, 1.807) is 18.2 Å². The van der Waals surface area contributed by atoms with Crippen LogP contribution in [0.4, 0.5) is 0 Å². The highest BCUT2D eigenvalue weighted by Crippen LogP contribution is 2.16. The number of aliphatic hydroxyl groups is 1. The Morgan fingerprint density at radius 3 is 2.50 bits per heavy atom. The molecule has 4 nitrogen and oxygen atoms in total. The van der Waals surface area contributed by atoms with E-state index in [9.17, 15) is 8.42 Å². The van der Waals surface area contributed by atoms with Gasteiger partial charge < -0.3 is 5.11 Å². The lowest BCUT2D eigenvalue weighted by Crippen LogP contribution is -2.22. The van der Waals surface area contributed by atoms with Crippen molar-refractivity contribution in [2.45, 2.75) is 30.8 Å². The zero-order chi connectivity index (χ0) is 13.6. The molecule has 1 aromatic rings. The minimum atomic E-state index is -3.81. The Balaban J connectivity index is 2.80. The Morgan fingerprint density at radius 1 is 1.39 bits per heavy atom. The van der Waals surface area contributed by atoms with Crippen molar-refractivity contribution in [3.8, 4) is 0 Å². The van der Waals surface area contributed by atoms with E-state index < -0.39 is 16.2 Å². The Hall–Kier alpha value is -1.17. The minimum absolute atomic E-state index is 0.102. The molecular formula is C13H18O4S. The molecule has 18 heavy (non-hydrogen) atoms. The molecule has 0 saturated carbocycles. The van der Waals surface area contributed by atoms with E-state index in [0.717, 1.165) is 5.56 Å². The van der Waals surface area contributed by atoms with Crippen molar-refractivity contribution in [3.63, 3.8) is 0 Å². The average molecular weight is 270 g/mol. The van der Waals surface area contributed by atoms with E-state index in [1.807, 2.05) is 6.92 Å². The van der Waals surface area contributed by atoms with E-state index in [2.05, 4.69) is 6.58 Å². The summed E-state index contributed by atoms with van der Waals surface area (Å²) in [4.78, 5) is 0.102. The number of hydrogen-bond acceptors (Lipinski definition) is 4. The monoisotopic (exact) mass is 270 g/mol. The van der Waals surface area contributed by atoms with Gasteiger partial charge in [0, 0.05) is 0 Å². The molecule has 1 N–H and O–H groups in total. The number of aliphatic hydroxyl groups excluding tert-OH is 1. The van der Waals surface area contributed by atoms with E-state index in [-0.39, 0.29) is 11.5 Å². The summed E-state index contributed by atoms with van der Waals surface area (Å²) in [5, 5.41) is 9.08. The van der Waals surface area contributed by atoms with Crippen LogP contribution in [0.2, 0.25) is 0 Å². The summed E-state index contributed by atoms with van der Waals surface area (Å²) in [6.45, 7) is 5.08. The maximum Gasteiger partial charge on any atom is 0.297 e. The fraction of sp³-hybridized carbons (Fsp3) is 0.385. The van der Waals surface area contributed by atoms with Crippen molar-refractivity contribution in [1.29, 1.82) is 0 Å². The largest absolute Gasteiger partial charge is 0.394 e. The molecule has 0 aliphatic heterocycles. The molecule has 0 heterocycles. The molecule has 1 rings (SSSR count). The minimum Gasteiger partial charge on any atom is -0.394 e. The maximum absolute atomic E-state index is 11.9. The fourth-order valence-electron chi connectivity index (χ4n) is 1.41. The lowest BCUT2D eigenvalue weighted by Gasteiger charge is -2.14. The normalized spacial score (nSPS) is 13.2. The van der Waals surface area contributed by atoms with Gasteiger partial charge in [-0.3, -0.25) is 4.18 Å². The Kier molecular flexibility index (Phi) is 5.53. The van der Waals surface area contributed by atoms with Crippen LogP contribution < -0.4 is 0 Å². The van der Waals surface area contributed by atoms with Crippen molar-refractivity contribution in [1.82, 2.24) is 0 Å². The third-order valence-electron chi connectivity index (χ3n) is 2.47. The lowest BCUT2D eigenvalue weighted by molar-refractivity contribution is 0.115. The zero-order valence-electron chi connectivity index (χ0n) is 10.4. The first-order valence-corrected chi connectivity index (χ1v) is 7.12. The predicted octanol–water partition coefficient (Wildman–Crippen LogP) is 2.03. The summed E-state index contributed by atoms with van der Waals surface area (Å²) in [7, 11) is -3.81. The summed E-state index contributed by atoms with van der Waals surface area (Å²) in [6, 6.07) is 6.39. The molecule has 0 fully saturated rings. The van der Waals surface area contributed by atoms with Crippen molar-refractivity contribution in [2.75, 3.05) is 6.61 Å². The van der Waals surface area contributed by atoms with Crippen LogP contribution in [-0.4, -0.2) is 26.2 Å². The van der Waals surface area contributed by atoms with Crippen LogP contribution in [0, 0.1) is 6.92 Å². The topological polar surface area (TPSA) is 63.6 Å². The zero-order valence-corrected chi connectivity index (χ0v) is 11.2. The van der Waals surface area contributed by atoms with Gasteiger partial charge in [-0.2, -0.15) is 8.42 Å². The van der Waals surface area contributed by atoms with Crippen molar-refractivity contribution in [2.24, 2.45) is 0 Å². The highest BCUT2D eigenvalue weighted by molar-refractivity contribution is 7.86. The van der Waals surface area contributed by atoms with E-state index in [0.29, 0.717) is 12.8 Å². The van der Waals surface area contributed by atoms with Gasteiger partial charge in [0.15, 0.2) is 0 Å². The molecule has 0 aromatic heterocycles. The number of allylic oxidation sites excluding steroid dienone is 1. The van der Waals surface area contributed by atoms with Gasteiger partial charge >= 0.3 is 0 Å². The van der Waals surface area contributed by atoms with Gasteiger partial charge in [-0.15, -0.1) is 6.58 Å². The third-order valence-corrected chi connectivity index (χ3v) is 3.84. The number of hydrogen-bond donors (Lipinski definition) is 1. The van der Waals surface area contributed by atoms with Gasteiger partial charge in [-0.1, -0.05) is 23.8 Å². The quantitative estimate of drug-likeness (QED) is 0.608. The summed E-state index contributed by atoms with van der Waals surface area (Å²) in [5.41, 5.74) is 0.972. The SMILES string of the molecule is C=CCCC(CO)OS(=O)(=O)c1ccc(C)cc1. The lowest BCUT2D eigenvalue weighted by atomic mass is 10.2. The second-order valence-corrected chi connectivity index (χ2v) is 5.61. The van der Waals surface area contributed by atoms with Crippen LogP contribution in [-0.2, 0) is 14.3 Å². The van der Waals surface area contributed by atoms with Crippen LogP contribution in [0.1, 0.15) is 18.4 Å². The van der Waals surface area contributed by atoms with E-state index in [4.69, 9.17) is 9.29 Å². The molecule has 0 bridgehead atoms. The van der Waals surface area contributed by atoms with E-state index >= 15 is 0 Å². The van der Waals surface area contributed by atoms with Gasteiger partial charge in [0.25, 0.3) is 10.1 Å². The first-order valence-electron chi connectivity index (χ1n) is 5.71. The standard InChI is InChI=1S/C13H18O4S/c1-3-4-5-12(10-14)17-18(15,16)13-8-6-11(2)7-9-13/h3,6-9,12,14H,1,4-5,10H2,2H3. The summed E-state index contributed by atoms with van der Waals surface area (Å²) < 4.78 is 28.8. The van der Waals surface area contributed by atoms with E-state index in [1.165, 1.54) is 12.1 Å². The second kappa shape index (κ2) is 6.68. The molecule has 1 atom stereocenters.